The Balaban J connectivity index is 1.70. The Hall–Kier alpha value is -2.94. The van der Waals surface area contributed by atoms with Crippen molar-refractivity contribution in [3.05, 3.63) is 65.5 Å². The number of sulfonamides is 1. The number of halogens is 1. The van der Waals surface area contributed by atoms with Gasteiger partial charge in [0.05, 0.1) is 11.9 Å². The van der Waals surface area contributed by atoms with Crippen LogP contribution in [-0.4, -0.2) is 50.0 Å². The van der Waals surface area contributed by atoms with E-state index in [0.717, 1.165) is 43.9 Å². The number of carbonyl (C=O) groups is 2. The molecule has 2 aromatic carbocycles. The number of benzene rings is 2. The molecule has 2 aromatic rings. The first-order valence-corrected chi connectivity index (χ1v) is 15.3. The highest BCUT2D eigenvalue weighted by molar-refractivity contribution is 7.92. The molecule has 0 aliphatic heterocycles. The van der Waals surface area contributed by atoms with Crippen LogP contribution in [0.15, 0.2) is 48.5 Å². The molecule has 7 nitrogen and oxygen atoms in total. The molecule has 208 valence electrons. The third-order valence-corrected chi connectivity index (χ3v) is 8.36. The van der Waals surface area contributed by atoms with Crippen LogP contribution in [0.5, 0.6) is 0 Å². The quantitative estimate of drug-likeness (QED) is 0.415. The average molecular weight is 546 g/mol. The maximum Gasteiger partial charge on any atom is 0.242 e. The zero-order valence-electron chi connectivity index (χ0n) is 22.7. The van der Waals surface area contributed by atoms with Crippen LogP contribution in [-0.2, 0) is 32.6 Å². The number of nitrogens with zero attached hydrogens (tertiary/aromatic N) is 2. The molecule has 0 saturated heterocycles. The highest BCUT2D eigenvalue weighted by Gasteiger charge is 2.28. The summed E-state index contributed by atoms with van der Waals surface area (Å²) in [5.41, 5.74) is 2.38. The summed E-state index contributed by atoms with van der Waals surface area (Å²) in [7, 11) is -3.55. The number of carbonyl (C=O) groups excluding carboxylic acids is 2. The highest BCUT2D eigenvalue weighted by atomic mass is 32.2. The summed E-state index contributed by atoms with van der Waals surface area (Å²) in [6.45, 7) is 4.04. The zero-order valence-corrected chi connectivity index (χ0v) is 23.5. The van der Waals surface area contributed by atoms with Crippen molar-refractivity contribution in [3.8, 4) is 0 Å². The minimum absolute atomic E-state index is 0.0707. The molecule has 0 bridgehead atoms. The zero-order chi connectivity index (χ0) is 27.7. The van der Waals surface area contributed by atoms with E-state index in [9.17, 15) is 22.4 Å². The van der Waals surface area contributed by atoms with Gasteiger partial charge < -0.3 is 10.2 Å². The maximum atomic E-state index is 13.5. The molecule has 0 radical (unpaired) electrons. The van der Waals surface area contributed by atoms with E-state index in [1.165, 1.54) is 27.8 Å². The van der Waals surface area contributed by atoms with Crippen molar-refractivity contribution in [1.29, 1.82) is 0 Å². The fraction of sp³-hybridized carbons (Fsp3) is 0.517. The molecule has 2 amide bonds. The van der Waals surface area contributed by atoms with Crippen molar-refractivity contribution < 1.29 is 22.4 Å². The summed E-state index contributed by atoms with van der Waals surface area (Å²) in [6.07, 6.45) is 7.57. The number of nitrogens with one attached hydrogen (secondary N) is 1. The summed E-state index contributed by atoms with van der Waals surface area (Å²) in [5.74, 6) is -0.834. The van der Waals surface area contributed by atoms with Gasteiger partial charge in [0, 0.05) is 25.6 Å². The van der Waals surface area contributed by atoms with Crippen molar-refractivity contribution in [2.24, 2.45) is 0 Å². The molecule has 0 unspecified atom stereocenters. The molecule has 1 aliphatic rings. The first-order chi connectivity index (χ1) is 18.1. The van der Waals surface area contributed by atoms with Crippen LogP contribution < -0.4 is 9.62 Å². The summed E-state index contributed by atoms with van der Waals surface area (Å²) in [4.78, 5) is 28.0. The van der Waals surface area contributed by atoms with E-state index in [1.54, 1.807) is 31.2 Å². The first-order valence-electron chi connectivity index (χ1n) is 13.5. The minimum Gasteiger partial charge on any atom is -0.352 e. The monoisotopic (exact) mass is 545 g/mol. The smallest absolute Gasteiger partial charge is 0.242 e. The fourth-order valence-electron chi connectivity index (χ4n) is 4.84. The van der Waals surface area contributed by atoms with Crippen molar-refractivity contribution in [2.75, 3.05) is 17.1 Å². The van der Waals surface area contributed by atoms with Crippen molar-refractivity contribution in [1.82, 2.24) is 10.2 Å². The average Bonchev–Trinajstić information content (AvgIpc) is 2.90. The lowest BCUT2D eigenvalue weighted by Crippen LogP contribution is -2.50. The molecule has 1 atom stereocenters. The van der Waals surface area contributed by atoms with Gasteiger partial charge in [0.15, 0.2) is 0 Å². The topological polar surface area (TPSA) is 86.8 Å². The number of rotatable bonds is 12. The molecule has 38 heavy (non-hydrogen) atoms. The Bertz CT molecular complexity index is 1160. The fourth-order valence-corrected chi connectivity index (χ4v) is 5.81. The second-order valence-electron chi connectivity index (χ2n) is 10.1. The third kappa shape index (κ3) is 8.55. The van der Waals surface area contributed by atoms with Gasteiger partial charge in [0.2, 0.25) is 21.8 Å². The van der Waals surface area contributed by atoms with Gasteiger partial charge >= 0.3 is 0 Å². The Labute approximate surface area is 226 Å². The SMILES string of the molecule is CCc1ccc(N(CCCC(=O)N(Cc2ccc(F)cc2)[C@H](C)C(=O)NC2CCCCC2)S(C)(=O)=O)cc1. The number of hydrogen-bond acceptors (Lipinski definition) is 4. The molecule has 9 heteroatoms. The van der Waals surface area contributed by atoms with Gasteiger partial charge in [0.1, 0.15) is 11.9 Å². The molecule has 0 aromatic heterocycles. The number of anilines is 1. The highest BCUT2D eigenvalue weighted by Crippen LogP contribution is 2.21. The minimum atomic E-state index is -3.55. The first kappa shape index (κ1) is 29.6. The number of amides is 2. The van der Waals surface area contributed by atoms with E-state index in [2.05, 4.69) is 5.32 Å². The van der Waals surface area contributed by atoms with Gasteiger partial charge in [0.25, 0.3) is 0 Å². The van der Waals surface area contributed by atoms with Gasteiger partial charge in [-0.3, -0.25) is 13.9 Å². The van der Waals surface area contributed by atoms with Crippen LogP contribution in [0.4, 0.5) is 10.1 Å². The van der Waals surface area contributed by atoms with E-state index in [0.29, 0.717) is 11.3 Å². The molecular formula is C29H40FN3O4S. The van der Waals surface area contributed by atoms with Gasteiger partial charge in [-0.25, -0.2) is 12.8 Å². The summed E-state index contributed by atoms with van der Waals surface area (Å²) in [5, 5.41) is 3.09. The molecule has 1 aliphatic carbocycles. The van der Waals surface area contributed by atoms with E-state index in [-0.39, 0.29) is 49.6 Å². The largest absolute Gasteiger partial charge is 0.352 e. The second-order valence-corrected chi connectivity index (χ2v) is 12.0. The Kier molecular flexibility index (Phi) is 10.7. The lowest BCUT2D eigenvalue weighted by molar-refractivity contribution is -0.141. The molecule has 0 spiro atoms. The number of hydrogen-bond donors (Lipinski definition) is 1. The Morgan fingerprint density at radius 3 is 2.18 bits per heavy atom. The normalized spacial score (nSPS) is 15.1. The third-order valence-electron chi connectivity index (χ3n) is 7.17. The lowest BCUT2D eigenvalue weighted by atomic mass is 9.95. The maximum absolute atomic E-state index is 13.5. The van der Waals surface area contributed by atoms with E-state index in [1.807, 2.05) is 19.1 Å². The van der Waals surface area contributed by atoms with Crippen LogP contribution >= 0.6 is 0 Å². The van der Waals surface area contributed by atoms with Gasteiger partial charge in [-0.1, -0.05) is 50.5 Å². The Morgan fingerprint density at radius 1 is 1.00 bits per heavy atom. The molecule has 0 heterocycles. The van der Waals surface area contributed by atoms with Crippen LogP contribution in [0.3, 0.4) is 0 Å². The van der Waals surface area contributed by atoms with Crippen molar-refractivity contribution in [2.45, 2.75) is 83.8 Å². The summed E-state index contributed by atoms with van der Waals surface area (Å²) < 4.78 is 39.8. The number of aryl methyl sites for hydroxylation is 1. The van der Waals surface area contributed by atoms with E-state index in [4.69, 9.17) is 0 Å². The van der Waals surface area contributed by atoms with Gasteiger partial charge in [-0.05, 0) is 68.0 Å². The van der Waals surface area contributed by atoms with Crippen LogP contribution in [0, 0.1) is 5.82 Å². The predicted octanol–water partition coefficient (Wildman–Crippen LogP) is 4.80. The molecule has 1 fully saturated rings. The molecule has 1 saturated carbocycles. The lowest BCUT2D eigenvalue weighted by Gasteiger charge is -2.31. The predicted molar refractivity (Wildman–Crippen MR) is 149 cm³/mol. The van der Waals surface area contributed by atoms with Gasteiger partial charge in [-0.15, -0.1) is 0 Å². The molecule has 1 N–H and O–H groups in total. The standard InChI is InChI=1S/C29H40FN3O4S/c1-4-23-14-18-27(19-15-23)33(38(3,36)37)20-8-11-28(34)32(21-24-12-16-25(30)17-13-24)22(2)29(35)31-26-9-6-5-7-10-26/h12-19,22,26H,4-11,20-21H2,1-3H3,(H,31,35)/t22-/m1/s1. The van der Waals surface area contributed by atoms with Crippen molar-refractivity contribution >= 4 is 27.5 Å². The van der Waals surface area contributed by atoms with Crippen LogP contribution in [0.2, 0.25) is 0 Å². The molecular weight excluding hydrogens is 505 g/mol. The summed E-state index contributed by atoms with van der Waals surface area (Å²) in [6, 6.07) is 12.6. The van der Waals surface area contributed by atoms with E-state index < -0.39 is 16.1 Å². The summed E-state index contributed by atoms with van der Waals surface area (Å²) >= 11 is 0. The molecule has 3 rings (SSSR count). The van der Waals surface area contributed by atoms with Crippen LogP contribution in [0.1, 0.15) is 69.9 Å². The Morgan fingerprint density at radius 2 is 1.61 bits per heavy atom. The second kappa shape index (κ2) is 13.7. The van der Waals surface area contributed by atoms with Crippen LogP contribution in [0.25, 0.3) is 0 Å². The van der Waals surface area contributed by atoms with E-state index >= 15 is 0 Å². The van der Waals surface area contributed by atoms with Gasteiger partial charge in [-0.2, -0.15) is 0 Å². The van der Waals surface area contributed by atoms with Crippen molar-refractivity contribution in [3.63, 3.8) is 0 Å².